The van der Waals surface area contributed by atoms with Gasteiger partial charge in [0.05, 0.1) is 30.3 Å². The van der Waals surface area contributed by atoms with E-state index in [1.807, 2.05) is 18.2 Å². The number of nitrogens with one attached hydrogen (secondary N) is 1. The first-order valence-corrected chi connectivity index (χ1v) is 9.09. The predicted octanol–water partition coefficient (Wildman–Crippen LogP) is 3.00. The van der Waals surface area contributed by atoms with Gasteiger partial charge in [-0.3, -0.25) is 0 Å². The van der Waals surface area contributed by atoms with Gasteiger partial charge in [0.25, 0.3) is 0 Å². The molecule has 0 unspecified atom stereocenters. The molecule has 6 nitrogen and oxygen atoms in total. The maximum atomic E-state index is 11.0. The van der Waals surface area contributed by atoms with E-state index in [9.17, 15) is 9.90 Å². The molecule has 1 aromatic carbocycles. The third kappa shape index (κ3) is 5.35. The zero-order valence-corrected chi connectivity index (χ0v) is 15.6. The topological polar surface area (TPSA) is 83.5 Å². The Morgan fingerprint density at radius 2 is 2.12 bits per heavy atom. The summed E-state index contributed by atoms with van der Waals surface area (Å²) in [6.45, 7) is 4.99. The molecule has 0 aliphatic heterocycles. The number of thiazole rings is 1. The molecule has 2 aromatic rings. The highest BCUT2D eigenvalue weighted by molar-refractivity contribution is 7.17. The molecule has 25 heavy (non-hydrogen) atoms. The van der Waals surface area contributed by atoms with Crippen molar-refractivity contribution in [3.63, 3.8) is 0 Å². The Balaban J connectivity index is 1.98. The van der Waals surface area contributed by atoms with Crippen LogP contribution < -0.4 is 19.9 Å². The number of carbonyl (C=O) groups excluding carboxylic acids is 1. The highest BCUT2D eigenvalue weighted by atomic mass is 32.1. The average Bonchev–Trinajstić information content (AvgIpc) is 2.98. The number of hydrogen-bond acceptors (Lipinski definition) is 7. The summed E-state index contributed by atoms with van der Waals surface area (Å²) in [5.74, 6) is 0.211. The number of carbonyl (C=O) groups is 1. The number of anilines is 1. The number of nitrogens with zero attached hydrogens (tertiary/aromatic N) is 1. The lowest BCUT2D eigenvalue weighted by atomic mass is 10.2. The van der Waals surface area contributed by atoms with Gasteiger partial charge in [0, 0.05) is 6.54 Å². The third-order valence-electron chi connectivity index (χ3n) is 3.66. The monoisotopic (exact) mass is 363 g/mol. The maximum Gasteiger partial charge on any atom is 0.183 e. The molecule has 0 aliphatic rings. The van der Waals surface area contributed by atoms with Gasteiger partial charge in [-0.1, -0.05) is 37.2 Å². The molecule has 1 N–H and O–H groups in total. The molecule has 0 aliphatic carbocycles. The Hall–Kier alpha value is -2.28. The van der Waals surface area contributed by atoms with Gasteiger partial charge in [-0.2, -0.15) is 0 Å². The average molecular weight is 363 g/mol. The number of benzene rings is 1. The summed E-state index contributed by atoms with van der Waals surface area (Å²) >= 11 is 1.08. The third-order valence-corrected chi connectivity index (χ3v) is 4.75. The van der Waals surface area contributed by atoms with Crippen molar-refractivity contribution in [1.82, 2.24) is 4.98 Å². The van der Waals surface area contributed by atoms with E-state index in [0.29, 0.717) is 29.7 Å². The van der Waals surface area contributed by atoms with E-state index in [1.165, 1.54) is 0 Å². The van der Waals surface area contributed by atoms with E-state index in [4.69, 9.17) is 9.47 Å². The summed E-state index contributed by atoms with van der Waals surface area (Å²) in [6, 6.07) is 5.74. The number of carboxylic acids is 1. The van der Waals surface area contributed by atoms with Gasteiger partial charge in [-0.15, -0.1) is 0 Å². The number of carboxylic acid groups (broad SMARTS) is 1. The van der Waals surface area contributed by atoms with Gasteiger partial charge >= 0.3 is 0 Å². The van der Waals surface area contributed by atoms with Crippen molar-refractivity contribution in [1.29, 1.82) is 0 Å². The molecular weight excluding hydrogens is 340 g/mol. The van der Waals surface area contributed by atoms with Crippen LogP contribution in [0.5, 0.6) is 11.5 Å². The van der Waals surface area contributed by atoms with Crippen LogP contribution in [0, 0.1) is 6.92 Å². The van der Waals surface area contributed by atoms with E-state index in [0.717, 1.165) is 41.9 Å². The van der Waals surface area contributed by atoms with E-state index in [1.54, 1.807) is 14.0 Å². The van der Waals surface area contributed by atoms with E-state index in [2.05, 4.69) is 17.2 Å². The zero-order valence-electron chi connectivity index (χ0n) is 14.8. The van der Waals surface area contributed by atoms with E-state index >= 15 is 0 Å². The van der Waals surface area contributed by atoms with Crippen LogP contribution in [0.4, 0.5) is 5.13 Å². The maximum absolute atomic E-state index is 11.0. The van der Waals surface area contributed by atoms with Crippen LogP contribution in [0.1, 0.15) is 47.1 Å². The number of methoxy groups -OCH3 is 1. The fourth-order valence-electron chi connectivity index (χ4n) is 2.31. The molecule has 0 amide bonds. The van der Waals surface area contributed by atoms with Crippen molar-refractivity contribution >= 4 is 22.4 Å². The zero-order chi connectivity index (χ0) is 18.2. The first-order valence-electron chi connectivity index (χ1n) is 8.27. The molecule has 0 fully saturated rings. The Bertz CT molecular complexity index is 715. The van der Waals surface area contributed by atoms with Crippen molar-refractivity contribution in [2.75, 3.05) is 19.0 Å². The van der Waals surface area contributed by atoms with Crippen molar-refractivity contribution in [3.05, 3.63) is 34.3 Å². The number of aromatic carboxylic acids is 1. The number of aromatic nitrogens is 1. The Kier molecular flexibility index (Phi) is 7.06. The summed E-state index contributed by atoms with van der Waals surface area (Å²) in [4.78, 5) is 15.3. The summed E-state index contributed by atoms with van der Waals surface area (Å²) in [5.41, 5.74) is 1.45. The van der Waals surface area contributed by atoms with Crippen LogP contribution in [0.25, 0.3) is 0 Å². The van der Waals surface area contributed by atoms with Crippen LogP contribution in [0.15, 0.2) is 18.2 Å². The summed E-state index contributed by atoms with van der Waals surface area (Å²) in [7, 11) is 1.61. The molecule has 7 heteroatoms. The second-order valence-electron chi connectivity index (χ2n) is 5.62. The first kappa shape index (κ1) is 19.1. The van der Waals surface area contributed by atoms with Gasteiger partial charge in [0.1, 0.15) is 0 Å². The van der Waals surface area contributed by atoms with Crippen LogP contribution in [0.2, 0.25) is 0 Å². The fourth-order valence-corrected chi connectivity index (χ4v) is 3.11. The molecule has 0 saturated carbocycles. The first-order chi connectivity index (χ1) is 12.0. The second-order valence-corrected chi connectivity index (χ2v) is 6.61. The molecular formula is C18H23N2O4S-. The van der Waals surface area contributed by atoms with Gasteiger partial charge < -0.3 is 24.7 Å². The molecule has 0 spiro atoms. The molecule has 0 bridgehead atoms. The Morgan fingerprint density at radius 1 is 1.32 bits per heavy atom. The van der Waals surface area contributed by atoms with Crippen LogP contribution >= 0.6 is 11.3 Å². The minimum absolute atomic E-state index is 0.149. The number of hydrogen-bond donors (Lipinski definition) is 1. The second kappa shape index (κ2) is 9.27. The molecule has 1 heterocycles. The summed E-state index contributed by atoms with van der Waals surface area (Å²) < 4.78 is 11.2. The lowest BCUT2D eigenvalue weighted by molar-refractivity contribution is -0.254. The largest absolute Gasteiger partial charge is 0.544 e. The van der Waals surface area contributed by atoms with Gasteiger partial charge in [-0.25, -0.2) is 4.98 Å². The van der Waals surface area contributed by atoms with Crippen molar-refractivity contribution in [2.45, 2.75) is 39.7 Å². The molecule has 2 rings (SSSR count). The normalized spacial score (nSPS) is 10.5. The highest BCUT2D eigenvalue weighted by Crippen LogP contribution is 2.29. The van der Waals surface area contributed by atoms with Crippen LogP contribution in [-0.2, 0) is 6.54 Å². The molecule has 0 radical (unpaired) electrons. The standard InChI is InChI=1S/C18H24N2O4S/c1-4-5-6-9-24-14-8-7-13(10-15(14)23-3)11-19-18-20-12(2)16(25-18)17(21)22/h7-8,10H,4-6,9,11H2,1-3H3,(H,19,20)(H,21,22)/p-1. The van der Waals surface area contributed by atoms with Crippen molar-refractivity contribution < 1.29 is 19.4 Å². The number of unbranched alkanes of at least 4 members (excludes halogenated alkanes) is 2. The lowest BCUT2D eigenvalue weighted by Gasteiger charge is -2.12. The lowest BCUT2D eigenvalue weighted by Crippen LogP contribution is -2.21. The number of rotatable bonds is 10. The smallest absolute Gasteiger partial charge is 0.183 e. The molecule has 136 valence electrons. The Labute approximate surface area is 151 Å². The van der Waals surface area contributed by atoms with Gasteiger partial charge in [-0.05, 0) is 31.0 Å². The summed E-state index contributed by atoms with van der Waals surface area (Å²) in [6.07, 6.45) is 3.32. The summed E-state index contributed by atoms with van der Waals surface area (Å²) in [5, 5.41) is 14.6. The van der Waals surface area contributed by atoms with Crippen molar-refractivity contribution in [3.8, 4) is 11.5 Å². The molecule has 0 saturated heterocycles. The number of ether oxygens (including phenoxy) is 2. The van der Waals surface area contributed by atoms with E-state index < -0.39 is 5.97 Å². The predicted molar refractivity (Wildman–Crippen MR) is 96.5 cm³/mol. The molecule has 0 atom stereocenters. The highest BCUT2D eigenvalue weighted by Gasteiger charge is 2.09. The van der Waals surface area contributed by atoms with Crippen LogP contribution in [0.3, 0.4) is 0 Å². The quantitative estimate of drug-likeness (QED) is 0.653. The van der Waals surface area contributed by atoms with E-state index in [-0.39, 0.29) is 4.88 Å². The van der Waals surface area contributed by atoms with Crippen molar-refractivity contribution in [2.24, 2.45) is 0 Å². The minimum Gasteiger partial charge on any atom is -0.544 e. The van der Waals surface area contributed by atoms with Crippen LogP contribution in [-0.4, -0.2) is 24.7 Å². The number of aryl methyl sites for hydroxylation is 1. The SMILES string of the molecule is CCCCCOc1ccc(CNc2nc(C)c(C(=O)[O-])s2)cc1OC. The molecule has 1 aromatic heterocycles. The minimum atomic E-state index is -1.20. The van der Waals surface area contributed by atoms with Gasteiger partial charge in [0.2, 0.25) is 0 Å². The Morgan fingerprint density at radius 3 is 2.76 bits per heavy atom. The fraction of sp³-hybridized carbons (Fsp3) is 0.444. The van der Waals surface area contributed by atoms with Gasteiger partial charge in [0.15, 0.2) is 16.6 Å².